The van der Waals surface area contributed by atoms with Gasteiger partial charge in [-0.15, -0.1) is 0 Å². The van der Waals surface area contributed by atoms with Crippen molar-refractivity contribution in [3.05, 3.63) is 81.6 Å². The Bertz CT molecular complexity index is 1730. The van der Waals surface area contributed by atoms with Crippen LogP contribution < -0.4 is 20.1 Å². The van der Waals surface area contributed by atoms with Gasteiger partial charge < -0.3 is 20.1 Å². The van der Waals surface area contributed by atoms with Crippen molar-refractivity contribution in [1.82, 2.24) is 20.6 Å². The van der Waals surface area contributed by atoms with Gasteiger partial charge in [0.1, 0.15) is 17.5 Å². The zero-order valence-electron chi connectivity index (χ0n) is 22.3. The molecule has 2 aliphatic rings. The minimum Gasteiger partial charge on any atom is -0.480 e. The molecule has 0 saturated heterocycles. The topological polar surface area (TPSA) is 93.0 Å². The van der Waals surface area contributed by atoms with Gasteiger partial charge in [-0.2, -0.15) is 0 Å². The van der Waals surface area contributed by atoms with Crippen molar-refractivity contribution in [1.29, 1.82) is 0 Å². The number of methoxy groups -OCH3 is 2. The first kappa shape index (κ1) is 27.0. The van der Waals surface area contributed by atoms with E-state index in [0.29, 0.717) is 58.0 Å². The summed E-state index contributed by atoms with van der Waals surface area (Å²) in [5.74, 6) is 1.74. The molecule has 208 valence electrons. The first-order valence-corrected chi connectivity index (χ1v) is 13.7. The molecular weight excluding hydrogens is 566 g/mol. The van der Waals surface area contributed by atoms with Crippen molar-refractivity contribution in [2.75, 3.05) is 40.4 Å². The molecule has 2 N–H and O–H groups in total. The van der Waals surface area contributed by atoms with E-state index in [0.717, 1.165) is 35.9 Å². The maximum Gasteiger partial charge on any atom is 0.224 e. The number of halogens is 3. The molecule has 0 bridgehead atoms. The fourth-order valence-corrected chi connectivity index (χ4v) is 5.60. The quantitative estimate of drug-likeness (QED) is 0.289. The van der Waals surface area contributed by atoms with Crippen molar-refractivity contribution >= 4 is 34.9 Å². The van der Waals surface area contributed by atoms with E-state index < -0.39 is 5.82 Å². The van der Waals surface area contributed by atoms with Gasteiger partial charge in [-0.1, -0.05) is 41.4 Å². The summed E-state index contributed by atoms with van der Waals surface area (Å²) in [5, 5.41) is 6.93. The molecule has 6 rings (SSSR count). The Morgan fingerprint density at radius 2 is 1.17 bits per heavy atom. The lowest BCUT2D eigenvalue weighted by atomic mass is 9.97. The molecule has 0 fully saturated rings. The standard InChI is InChI=1S/C30H25Cl2FN6O2/c1-40-29-19(27-34-12-13-35-27)7-10-22(38-29)16-4-3-5-18(25(16)31)24-21(33)9-6-17(26(24)32)23-11-8-20(30(39-23)41-2)28-36-14-15-37-28/h3-11H,12-15H2,1-2H3,(H,34,35)(H,36,37). The van der Waals surface area contributed by atoms with Crippen LogP contribution in [-0.2, 0) is 0 Å². The maximum absolute atomic E-state index is 15.4. The van der Waals surface area contributed by atoms with Crippen LogP contribution in [0.3, 0.4) is 0 Å². The summed E-state index contributed by atoms with van der Waals surface area (Å²) in [6.07, 6.45) is 0. The number of aliphatic imine (C=N–C) groups is 2. The minimum atomic E-state index is -0.517. The lowest BCUT2D eigenvalue weighted by molar-refractivity contribution is 0.397. The number of nitrogens with zero attached hydrogens (tertiary/aromatic N) is 4. The van der Waals surface area contributed by atoms with Gasteiger partial charge in [-0.25, -0.2) is 14.4 Å². The van der Waals surface area contributed by atoms with Crippen LogP contribution in [0, 0.1) is 5.82 Å². The third-order valence-electron chi connectivity index (χ3n) is 6.88. The Labute approximate surface area is 246 Å². The summed E-state index contributed by atoms with van der Waals surface area (Å²) in [4.78, 5) is 18.2. The number of hydrogen-bond acceptors (Lipinski definition) is 8. The maximum atomic E-state index is 15.4. The Morgan fingerprint density at radius 3 is 1.68 bits per heavy atom. The summed E-state index contributed by atoms with van der Waals surface area (Å²) < 4.78 is 26.5. The molecule has 0 aliphatic carbocycles. The molecule has 0 saturated carbocycles. The van der Waals surface area contributed by atoms with E-state index in [4.69, 9.17) is 32.7 Å². The molecule has 8 nitrogen and oxygen atoms in total. The first-order chi connectivity index (χ1) is 20.0. The van der Waals surface area contributed by atoms with Crippen LogP contribution in [0.25, 0.3) is 33.6 Å². The Kier molecular flexibility index (Phi) is 7.47. The average molecular weight is 591 g/mol. The second kappa shape index (κ2) is 11.3. The van der Waals surface area contributed by atoms with E-state index in [2.05, 4.69) is 30.6 Å². The third kappa shape index (κ3) is 4.96. The normalized spacial score (nSPS) is 14.3. The van der Waals surface area contributed by atoms with Crippen LogP contribution in [0.5, 0.6) is 11.8 Å². The molecule has 0 amide bonds. The average Bonchev–Trinajstić information content (AvgIpc) is 3.73. The summed E-state index contributed by atoms with van der Waals surface area (Å²) >= 11 is 13.8. The zero-order valence-corrected chi connectivity index (χ0v) is 23.8. The molecule has 11 heteroatoms. The molecule has 2 aromatic heterocycles. The van der Waals surface area contributed by atoms with Gasteiger partial charge in [0.2, 0.25) is 11.8 Å². The molecule has 2 aliphatic heterocycles. The van der Waals surface area contributed by atoms with Crippen molar-refractivity contribution in [2.24, 2.45) is 9.98 Å². The summed E-state index contributed by atoms with van der Waals surface area (Å²) in [7, 11) is 3.10. The summed E-state index contributed by atoms with van der Waals surface area (Å²) in [5.41, 5.74) is 4.31. The van der Waals surface area contributed by atoms with Crippen molar-refractivity contribution < 1.29 is 13.9 Å². The van der Waals surface area contributed by atoms with Crippen molar-refractivity contribution in [2.45, 2.75) is 0 Å². The van der Waals surface area contributed by atoms with E-state index >= 15 is 4.39 Å². The van der Waals surface area contributed by atoms with E-state index in [1.54, 1.807) is 32.4 Å². The van der Waals surface area contributed by atoms with Gasteiger partial charge in [0.05, 0.1) is 59.9 Å². The predicted molar refractivity (Wildman–Crippen MR) is 160 cm³/mol. The van der Waals surface area contributed by atoms with Gasteiger partial charge in [0.15, 0.2) is 0 Å². The first-order valence-electron chi connectivity index (χ1n) is 12.9. The Hall–Kier alpha value is -4.21. The number of pyridine rings is 2. The molecule has 4 aromatic rings. The summed E-state index contributed by atoms with van der Waals surface area (Å²) in [6.45, 7) is 2.90. The molecule has 2 aromatic carbocycles. The molecule has 4 heterocycles. The number of ether oxygens (including phenoxy) is 2. The Balaban J connectivity index is 1.42. The van der Waals surface area contributed by atoms with Crippen LogP contribution in [-0.4, -0.2) is 62.0 Å². The van der Waals surface area contributed by atoms with Crippen LogP contribution in [0.15, 0.2) is 64.6 Å². The number of rotatable bonds is 7. The second-order valence-electron chi connectivity index (χ2n) is 9.27. The fraction of sp³-hybridized carbons (Fsp3) is 0.200. The third-order valence-corrected chi connectivity index (χ3v) is 7.68. The fourth-order valence-electron chi connectivity index (χ4n) is 4.93. The molecule has 0 radical (unpaired) electrons. The number of aromatic nitrogens is 2. The van der Waals surface area contributed by atoms with Crippen LogP contribution in [0.4, 0.5) is 4.39 Å². The van der Waals surface area contributed by atoms with Crippen molar-refractivity contribution in [3.63, 3.8) is 0 Å². The highest BCUT2D eigenvalue weighted by molar-refractivity contribution is 6.39. The number of hydrogen-bond donors (Lipinski definition) is 2. The highest BCUT2D eigenvalue weighted by Gasteiger charge is 2.23. The molecule has 41 heavy (non-hydrogen) atoms. The monoisotopic (exact) mass is 590 g/mol. The zero-order chi connectivity index (χ0) is 28.5. The molecule has 0 spiro atoms. The molecular formula is C30H25Cl2FN6O2. The molecule has 0 atom stereocenters. The van der Waals surface area contributed by atoms with Gasteiger partial charge in [-0.3, -0.25) is 9.98 Å². The van der Waals surface area contributed by atoms with Gasteiger partial charge in [-0.05, 0) is 36.4 Å². The number of nitrogens with one attached hydrogen (secondary N) is 2. The lowest BCUT2D eigenvalue weighted by Gasteiger charge is -2.16. The van der Waals surface area contributed by atoms with Crippen molar-refractivity contribution in [3.8, 4) is 45.4 Å². The predicted octanol–water partition coefficient (Wildman–Crippen LogP) is 5.64. The van der Waals surface area contributed by atoms with E-state index in [1.165, 1.54) is 6.07 Å². The van der Waals surface area contributed by atoms with Crippen LogP contribution >= 0.6 is 23.2 Å². The van der Waals surface area contributed by atoms with Gasteiger partial charge >= 0.3 is 0 Å². The second-order valence-corrected chi connectivity index (χ2v) is 10.0. The van der Waals surface area contributed by atoms with Crippen LogP contribution in [0.1, 0.15) is 11.1 Å². The SMILES string of the molecule is COc1nc(-c2cccc(-c3c(F)ccc(-c4ccc(C5=NCCN5)c(OC)n4)c3Cl)c2Cl)ccc1C1=NCCN1. The smallest absolute Gasteiger partial charge is 0.224 e. The van der Waals surface area contributed by atoms with Crippen LogP contribution in [0.2, 0.25) is 10.0 Å². The van der Waals surface area contributed by atoms with Gasteiger partial charge in [0.25, 0.3) is 0 Å². The summed E-state index contributed by atoms with van der Waals surface area (Å²) in [6, 6.07) is 15.7. The molecule has 0 unspecified atom stereocenters. The van der Waals surface area contributed by atoms with E-state index in [-0.39, 0.29) is 10.6 Å². The van der Waals surface area contributed by atoms with E-state index in [1.807, 2.05) is 30.3 Å². The van der Waals surface area contributed by atoms with E-state index in [9.17, 15) is 0 Å². The van der Waals surface area contributed by atoms with Gasteiger partial charge in [0, 0.05) is 35.3 Å². The number of amidine groups is 2. The minimum absolute atomic E-state index is 0.163. The lowest BCUT2D eigenvalue weighted by Crippen LogP contribution is -2.20. The number of benzene rings is 2. The highest BCUT2D eigenvalue weighted by atomic mass is 35.5. The highest BCUT2D eigenvalue weighted by Crippen LogP contribution is 2.43. The largest absolute Gasteiger partial charge is 0.480 e. The Morgan fingerprint density at radius 1 is 0.659 bits per heavy atom.